The molecule has 0 spiro atoms. The van der Waals surface area contributed by atoms with E-state index in [4.69, 9.17) is 5.73 Å². The summed E-state index contributed by atoms with van der Waals surface area (Å²) in [5, 5.41) is 10.4. The Balaban J connectivity index is 3.14. The normalized spacial score (nSPS) is 9.33. The molecule has 2 N–H and O–H groups in total. The number of nitrogens with two attached hydrogens (primary N) is 1. The summed E-state index contributed by atoms with van der Waals surface area (Å²) >= 11 is 0. The predicted molar refractivity (Wildman–Crippen MR) is 51.2 cm³/mol. The fourth-order valence-electron chi connectivity index (χ4n) is 0.996. The predicted octanol–water partition coefficient (Wildman–Crippen LogP) is 0.636. The van der Waals surface area contributed by atoms with E-state index in [2.05, 4.69) is 0 Å². The molecule has 0 saturated heterocycles. The molecule has 0 radical (unpaired) electrons. The van der Waals surface area contributed by atoms with Crippen LogP contribution in [-0.4, -0.2) is 17.4 Å². The number of primary amides is 1. The van der Waals surface area contributed by atoms with Crippen LogP contribution in [0.4, 0.5) is 16.2 Å². The summed E-state index contributed by atoms with van der Waals surface area (Å²) in [7, 11) is 0. The summed E-state index contributed by atoms with van der Waals surface area (Å²) in [5.74, 6) is 0. The van der Waals surface area contributed by atoms with Crippen LogP contribution in [0.5, 0.6) is 0 Å². The first-order valence-corrected chi connectivity index (χ1v) is 3.84. The lowest BCUT2D eigenvalue weighted by Gasteiger charge is -2.11. The Labute approximate surface area is 84.2 Å². The van der Waals surface area contributed by atoms with E-state index in [-0.39, 0.29) is 17.8 Å². The molecule has 0 aliphatic carbocycles. The van der Waals surface area contributed by atoms with Crippen LogP contribution < -0.4 is 10.6 Å². The third kappa shape index (κ3) is 2.27. The summed E-state index contributed by atoms with van der Waals surface area (Å²) < 4.78 is 0. The maximum atomic E-state index is 10.8. The maximum Gasteiger partial charge on any atom is 0.325 e. The minimum Gasteiger partial charge on any atom is -0.351 e. The second-order valence-electron chi connectivity index (χ2n) is 2.59. The molecule has 1 aromatic rings. The van der Waals surface area contributed by atoms with Gasteiger partial charge in [-0.3, -0.25) is 14.9 Å². The average molecular weight is 209 g/mol. The number of hydrogen-bond acceptors (Lipinski definition) is 4. The zero-order valence-corrected chi connectivity index (χ0v) is 7.49. The number of imide groups is 1. The highest BCUT2D eigenvalue weighted by atomic mass is 16.6. The van der Waals surface area contributed by atoms with Crippen molar-refractivity contribution < 1.29 is 14.5 Å². The number of non-ortho nitro benzene ring substituents is 1. The highest BCUT2D eigenvalue weighted by Crippen LogP contribution is 2.19. The highest BCUT2D eigenvalue weighted by Gasteiger charge is 2.14. The Bertz CT molecular complexity index is 418. The lowest BCUT2D eigenvalue weighted by atomic mass is 10.2. The minimum absolute atomic E-state index is 0.0618. The molecule has 7 nitrogen and oxygen atoms in total. The van der Waals surface area contributed by atoms with Crippen LogP contribution in [-0.2, 0) is 4.79 Å². The number of nitrogens with zero attached hydrogens (tertiary/aromatic N) is 2. The summed E-state index contributed by atoms with van der Waals surface area (Å²) in [5.41, 5.74) is 4.73. The number of urea groups is 1. The molecular weight excluding hydrogens is 202 g/mol. The Morgan fingerprint density at radius 1 is 1.53 bits per heavy atom. The largest absolute Gasteiger partial charge is 0.351 e. The number of nitro benzene ring substituents is 1. The van der Waals surface area contributed by atoms with E-state index in [1.54, 1.807) is 0 Å². The maximum absolute atomic E-state index is 10.8. The van der Waals surface area contributed by atoms with Crippen LogP contribution in [0.3, 0.4) is 0 Å². The second-order valence-corrected chi connectivity index (χ2v) is 2.59. The topological polar surface area (TPSA) is 107 Å². The van der Waals surface area contributed by atoms with Crippen molar-refractivity contribution in [2.45, 2.75) is 0 Å². The van der Waals surface area contributed by atoms with Gasteiger partial charge in [-0.25, -0.2) is 9.69 Å². The first kappa shape index (κ1) is 10.6. The van der Waals surface area contributed by atoms with Crippen LogP contribution >= 0.6 is 0 Å². The van der Waals surface area contributed by atoms with Gasteiger partial charge in [0.2, 0.25) is 6.41 Å². The van der Waals surface area contributed by atoms with Gasteiger partial charge in [0.25, 0.3) is 5.69 Å². The standard InChI is InChI=1S/C8H7N3O4/c9-8(13)10(5-12)6-2-1-3-7(4-6)11(14)15/h1-5H,(H2,9,13). The number of amides is 3. The highest BCUT2D eigenvalue weighted by molar-refractivity contribution is 6.05. The van der Waals surface area contributed by atoms with Crippen LogP contribution in [0.15, 0.2) is 24.3 Å². The van der Waals surface area contributed by atoms with Gasteiger partial charge in [-0.15, -0.1) is 0 Å². The van der Waals surface area contributed by atoms with Gasteiger partial charge < -0.3 is 5.73 Å². The molecule has 0 aliphatic heterocycles. The molecule has 0 aliphatic rings. The smallest absolute Gasteiger partial charge is 0.325 e. The van der Waals surface area contributed by atoms with E-state index < -0.39 is 11.0 Å². The van der Waals surface area contributed by atoms with Crippen molar-refractivity contribution in [1.29, 1.82) is 0 Å². The number of carbonyl (C=O) groups is 2. The van der Waals surface area contributed by atoms with Gasteiger partial charge in [-0.2, -0.15) is 0 Å². The van der Waals surface area contributed by atoms with Gasteiger partial charge in [0.05, 0.1) is 10.6 Å². The summed E-state index contributed by atoms with van der Waals surface area (Å²) in [6.07, 6.45) is 0.196. The number of carbonyl (C=O) groups excluding carboxylic acids is 2. The Morgan fingerprint density at radius 3 is 2.67 bits per heavy atom. The molecule has 7 heteroatoms. The van der Waals surface area contributed by atoms with Crippen molar-refractivity contribution in [2.24, 2.45) is 5.73 Å². The lowest BCUT2D eigenvalue weighted by molar-refractivity contribution is -0.384. The molecule has 0 fully saturated rings. The Morgan fingerprint density at radius 2 is 2.20 bits per heavy atom. The van der Waals surface area contributed by atoms with Crippen molar-refractivity contribution in [3.05, 3.63) is 34.4 Å². The van der Waals surface area contributed by atoms with Crippen molar-refractivity contribution in [3.63, 3.8) is 0 Å². The van der Waals surface area contributed by atoms with E-state index in [0.29, 0.717) is 4.90 Å². The van der Waals surface area contributed by atoms with E-state index in [1.807, 2.05) is 0 Å². The minimum atomic E-state index is -0.995. The van der Waals surface area contributed by atoms with Crippen LogP contribution in [0.25, 0.3) is 0 Å². The Kier molecular flexibility index (Phi) is 2.97. The van der Waals surface area contributed by atoms with Crippen molar-refractivity contribution in [2.75, 3.05) is 4.90 Å². The van der Waals surface area contributed by atoms with E-state index >= 15 is 0 Å². The summed E-state index contributed by atoms with van der Waals surface area (Å²) in [4.78, 5) is 31.6. The molecule has 15 heavy (non-hydrogen) atoms. The van der Waals surface area contributed by atoms with E-state index in [1.165, 1.54) is 18.2 Å². The average Bonchev–Trinajstić information content (AvgIpc) is 2.18. The van der Waals surface area contributed by atoms with Gasteiger partial charge >= 0.3 is 6.03 Å². The fraction of sp³-hybridized carbons (Fsp3) is 0. The third-order valence-corrected chi connectivity index (χ3v) is 1.66. The first-order chi connectivity index (χ1) is 7.06. The van der Waals surface area contributed by atoms with Crippen molar-refractivity contribution in [1.82, 2.24) is 0 Å². The van der Waals surface area contributed by atoms with Gasteiger partial charge in [0.1, 0.15) is 0 Å². The molecule has 3 amide bonds. The van der Waals surface area contributed by atoms with Gasteiger partial charge in [0, 0.05) is 12.1 Å². The van der Waals surface area contributed by atoms with Crippen molar-refractivity contribution in [3.8, 4) is 0 Å². The molecule has 0 saturated carbocycles. The van der Waals surface area contributed by atoms with Crippen molar-refractivity contribution >= 4 is 23.8 Å². The SMILES string of the molecule is NC(=O)N(C=O)c1cccc([N+](=O)[O-])c1. The molecule has 0 bridgehead atoms. The van der Waals surface area contributed by atoms with E-state index in [0.717, 1.165) is 6.07 Å². The zero-order valence-electron chi connectivity index (χ0n) is 7.49. The molecule has 0 unspecified atom stereocenters. The third-order valence-electron chi connectivity index (χ3n) is 1.66. The van der Waals surface area contributed by atoms with Crippen LogP contribution in [0, 0.1) is 10.1 Å². The molecule has 1 aromatic carbocycles. The Hall–Kier alpha value is -2.44. The zero-order chi connectivity index (χ0) is 11.4. The monoisotopic (exact) mass is 209 g/mol. The molecule has 0 atom stereocenters. The molecule has 0 heterocycles. The van der Waals surface area contributed by atoms with Crippen LogP contribution in [0.1, 0.15) is 0 Å². The number of benzene rings is 1. The van der Waals surface area contributed by atoms with Gasteiger partial charge in [-0.05, 0) is 6.07 Å². The number of nitro groups is 1. The van der Waals surface area contributed by atoms with Gasteiger partial charge in [-0.1, -0.05) is 6.07 Å². The van der Waals surface area contributed by atoms with E-state index in [9.17, 15) is 19.7 Å². The van der Waals surface area contributed by atoms with Gasteiger partial charge in [0.15, 0.2) is 0 Å². The number of rotatable bonds is 3. The molecule has 1 rings (SSSR count). The number of hydrogen-bond donors (Lipinski definition) is 1. The lowest BCUT2D eigenvalue weighted by Crippen LogP contribution is -2.34. The number of anilines is 1. The summed E-state index contributed by atoms with van der Waals surface area (Å²) in [6, 6.07) is 4.05. The molecule has 78 valence electrons. The first-order valence-electron chi connectivity index (χ1n) is 3.84. The quantitative estimate of drug-likeness (QED) is 0.447. The van der Waals surface area contributed by atoms with Crippen LogP contribution in [0.2, 0.25) is 0 Å². The second kappa shape index (κ2) is 4.18. The molecule has 0 aromatic heterocycles. The fourth-order valence-corrected chi connectivity index (χ4v) is 0.996. The summed E-state index contributed by atoms with van der Waals surface area (Å²) in [6.45, 7) is 0. The molecular formula is C8H7N3O4.